The van der Waals surface area contributed by atoms with Gasteiger partial charge < -0.3 is 15.7 Å². The Hall–Kier alpha value is -1.07. The molecule has 6 heteroatoms. The quantitative estimate of drug-likeness (QED) is 0.796. The topological polar surface area (TPSA) is 75.3 Å². The second-order valence-electron chi connectivity index (χ2n) is 4.32. The highest BCUT2D eigenvalue weighted by atomic mass is 35.5. The van der Waals surface area contributed by atoms with Gasteiger partial charge >= 0.3 is 0 Å². The van der Waals surface area contributed by atoms with Crippen LogP contribution in [-0.4, -0.2) is 34.3 Å². The summed E-state index contributed by atoms with van der Waals surface area (Å²) >= 11 is 5.87. The molecule has 17 heavy (non-hydrogen) atoms. The van der Waals surface area contributed by atoms with Gasteiger partial charge in [0.25, 0.3) is 0 Å². The third-order valence-electron chi connectivity index (χ3n) is 3.22. The Morgan fingerprint density at radius 2 is 2.18 bits per heavy atom. The Labute approximate surface area is 106 Å². The van der Waals surface area contributed by atoms with Gasteiger partial charge in [-0.15, -0.1) is 0 Å². The molecule has 0 amide bonds. The van der Waals surface area contributed by atoms with Crippen LogP contribution in [0.3, 0.4) is 0 Å². The molecule has 0 aliphatic heterocycles. The molecule has 0 atom stereocenters. The Balaban J connectivity index is 2.34. The number of aryl methyl sites for hydroxylation is 1. The molecular weight excluding hydrogens is 240 g/mol. The fraction of sp³-hybridized carbons (Fsp3) is 0.636. The second kappa shape index (κ2) is 5.06. The highest BCUT2D eigenvalue weighted by molar-refractivity contribution is 6.28. The first-order valence-electron chi connectivity index (χ1n) is 5.80. The van der Waals surface area contributed by atoms with E-state index >= 15 is 0 Å². The molecule has 1 aliphatic rings. The minimum absolute atomic E-state index is 0.0800. The fourth-order valence-electron chi connectivity index (χ4n) is 2.02. The smallest absolute Gasteiger partial charge is 0.224 e. The van der Waals surface area contributed by atoms with Crippen LogP contribution in [0.2, 0.25) is 5.28 Å². The van der Waals surface area contributed by atoms with E-state index in [0.29, 0.717) is 29.8 Å². The van der Waals surface area contributed by atoms with Crippen LogP contribution >= 0.6 is 11.6 Å². The van der Waals surface area contributed by atoms with E-state index in [1.165, 1.54) is 6.42 Å². The monoisotopic (exact) mass is 256 g/mol. The van der Waals surface area contributed by atoms with Crippen LogP contribution < -0.4 is 10.6 Å². The van der Waals surface area contributed by atoms with Crippen molar-refractivity contribution in [1.29, 1.82) is 0 Å². The normalized spacial score (nSPS) is 15.7. The zero-order valence-electron chi connectivity index (χ0n) is 9.86. The lowest BCUT2D eigenvalue weighted by molar-refractivity contribution is 0.283. The molecule has 1 fully saturated rings. The third kappa shape index (κ3) is 2.45. The van der Waals surface area contributed by atoms with E-state index in [-0.39, 0.29) is 11.9 Å². The Morgan fingerprint density at radius 1 is 1.47 bits per heavy atom. The lowest BCUT2D eigenvalue weighted by Crippen LogP contribution is -2.43. The van der Waals surface area contributed by atoms with E-state index < -0.39 is 0 Å². The van der Waals surface area contributed by atoms with Crippen molar-refractivity contribution < 1.29 is 5.11 Å². The van der Waals surface area contributed by atoms with Crippen molar-refractivity contribution in [3.05, 3.63) is 11.0 Å². The minimum Gasteiger partial charge on any atom is -0.395 e. The molecule has 0 unspecified atom stereocenters. The molecule has 1 saturated carbocycles. The molecule has 0 radical (unpaired) electrons. The van der Waals surface area contributed by atoms with E-state index in [2.05, 4.69) is 9.97 Å². The van der Waals surface area contributed by atoms with Crippen molar-refractivity contribution in [2.45, 2.75) is 32.2 Å². The number of anilines is 2. The minimum atomic E-state index is 0.0800. The molecule has 0 spiro atoms. The maximum atomic E-state index is 9.14. The van der Waals surface area contributed by atoms with E-state index in [1.807, 2.05) is 11.8 Å². The van der Waals surface area contributed by atoms with Gasteiger partial charge in [-0.1, -0.05) is 0 Å². The highest BCUT2D eigenvalue weighted by Gasteiger charge is 2.27. The molecule has 3 N–H and O–H groups in total. The summed E-state index contributed by atoms with van der Waals surface area (Å²) < 4.78 is 0. The van der Waals surface area contributed by atoms with E-state index in [9.17, 15) is 0 Å². The molecule has 0 bridgehead atoms. The summed E-state index contributed by atoms with van der Waals surface area (Å²) in [5, 5.41) is 9.34. The van der Waals surface area contributed by atoms with Gasteiger partial charge in [-0.3, -0.25) is 0 Å². The molecule has 94 valence electrons. The first-order chi connectivity index (χ1) is 8.13. The molecule has 0 saturated heterocycles. The third-order valence-corrected chi connectivity index (χ3v) is 3.39. The molecule has 1 heterocycles. The SMILES string of the molecule is Cc1nc(Cl)nc(N(CCO)C2CCC2)c1N. The Bertz CT molecular complexity index is 409. The number of nitrogen functional groups attached to an aromatic ring is 1. The van der Waals surface area contributed by atoms with Gasteiger partial charge in [-0.2, -0.15) is 4.98 Å². The van der Waals surface area contributed by atoms with Crippen LogP contribution in [-0.2, 0) is 0 Å². The van der Waals surface area contributed by atoms with Crippen molar-refractivity contribution in [2.24, 2.45) is 0 Å². The first-order valence-corrected chi connectivity index (χ1v) is 6.18. The van der Waals surface area contributed by atoms with Crippen LogP contribution in [0.15, 0.2) is 0 Å². The Kier molecular flexibility index (Phi) is 3.69. The van der Waals surface area contributed by atoms with E-state index in [1.54, 1.807) is 0 Å². The molecule has 1 aromatic rings. The number of halogens is 1. The number of aromatic nitrogens is 2. The van der Waals surface area contributed by atoms with Gasteiger partial charge in [0.1, 0.15) is 0 Å². The lowest BCUT2D eigenvalue weighted by atomic mass is 9.91. The van der Waals surface area contributed by atoms with Crippen molar-refractivity contribution in [1.82, 2.24) is 9.97 Å². The van der Waals surface area contributed by atoms with Gasteiger partial charge in [0.2, 0.25) is 5.28 Å². The number of hydrogen-bond acceptors (Lipinski definition) is 5. The van der Waals surface area contributed by atoms with Crippen LogP contribution in [0, 0.1) is 6.92 Å². The zero-order valence-corrected chi connectivity index (χ0v) is 10.6. The van der Waals surface area contributed by atoms with Crippen LogP contribution in [0.5, 0.6) is 0 Å². The zero-order chi connectivity index (χ0) is 12.4. The summed E-state index contributed by atoms with van der Waals surface area (Å²) in [6, 6.07) is 0.412. The standard InChI is InChI=1S/C11H17ClN4O/c1-7-9(13)10(15-11(12)14-7)16(5-6-17)8-3-2-4-8/h8,17H,2-6,13H2,1H3. The first kappa shape index (κ1) is 12.4. The molecular formula is C11H17ClN4O. The molecule has 2 rings (SSSR count). The molecule has 1 aliphatic carbocycles. The number of hydrogen-bond donors (Lipinski definition) is 2. The lowest BCUT2D eigenvalue weighted by Gasteiger charge is -2.38. The van der Waals surface area contributed by atoms with Crippen molar-refractivity contribution >= 4 is 23.1 Å². The van der Waals surface area contributed by atoms with Crippen molar-refractivity contribution in [3.8, 4) is 0 Å². The van der Waals surface area contributed by atoms with Crippen LogP contribution in [0.4, 0.5) is 11.5 Å². The largest absolute Gasteiger partial charge is 0.395 e. The molecule has 5 nitrogen and oxygen atoms in total. The van der Waals surface area contributed by atoms with Crippen molar-refractivity contribution in [2.75, 3.05) is 23.8 Å². The predicted octanol–water partition coefficient (Wildman–Crippen LogP) is 1.37. The summed E-state index contributed by atoms with van der Waals surface area (Å²) in [5.41, 5.74) is 7.23. The van der Waals surface area contributed by atoms with Crippen molar-refractivity contribution in [3.63, 3.8) is 0 Å². The number of nitrogens with zero attached hydrogens (tertiary/aromatic N) is 3. The average molecular weight is 257 g/mol. The number of rotatable bonds is 4. The second-order valence-corrected chi connectivity index (χ2v) is 4.66. The van der Waals surface area contributed by atoms with Gasteiger partial charge in [0.15, 0.2) is 5.82 Å². The van der Waals surface area contributed by atoms with Gasteiger partial charge in [-0.25, -0.2) is 4.98 Å². The summed E-state index contributed by atoms with van der Waals surface area (Å²) in [7, 11) is 0. The maximum absolute atomic E-state index is 9.14. The van der Waals surface area contributed by atoms with Gasteiger partial charge in [-0.05, 0) is 37.8 Å². The predicted molar refractivity (Wildman–Crippen MR) is 68.3 cm³/mol. The number of nitrogens with two attached hydrogens (primary N) is 1. The fourth-order valence-corrected chi connectivity index (χ4v) is 2.23. The van der Waals surface area contributed by atoms with Crippen LogP contribution in [0.25, 0.3) is 0 Å². The maximum Gasteiger partial charge on any atom is 0.224 e. The summed E-state index contributed by atoms with van der Waals surface area (Å²) in [5.74, 6) is 0.654. The molecule has 1 aromatic heterocycles. The van der Waals surface area contributed by atoms with E-state index in [4.69, 9.17) is 22.4 Å². The number of aliphatic hydroxyl groups excluding tert-OH is 1. The highest BCUT2D eigenvalue weighted by Crippen LogP contribution is 2.32. The summed E-state index contributed by atoms with van der Waals surface area (Å²) in [6.45, 7) is 2.42. The molecule has 0 aromatic carbocycles. The Morgan fingerprint density at radius 3 is 2.71 bits per heavy atom. The van der Waals surface area contributed by atoms with Gasteiger partial charge in [0, 0.05) is 12.6 Å². The summed E-state index contributed by atoms with van der Waals surface area (Å²) in [6.07, 6.45) is 3.44. The summed E-state index contributed by atoms with van der Waals surface area (Å²) in [4.78, 5) is 10.3. The van der Waals surface area contributed by atoms with Crippen LogP contribution in [0.1, 0.15) is 25.0 Å². The average Bonchev–Trinajstić information content (AvgIpc) is 2.20. The van der Waals surface area contributed by atoms with E-state index in [0.717, 1.165) is 12.8 Å². The van der Waals surface area contributed by atoms with Gasteiger partial charge in [0.05, 0.1) is 18.0 Å². The number of aliphatic hydroxyl groups is 1.